The average Bonchev–Trinajstić information content (AvgIpc) is 3.47. The topological polar surface area (TPSA) is 78.3 Å². The molecule has 7 nitrogen and oxygen atoms in total. The van der Waals surface area contributed by atoms with Gasteiger partial charge in [-0.05, 0) is 92.1 Å². The van der Waals surface area contributed by atoms with Crippen molar-refractivity contribution in [1.82, 2.24) is 0 Å². The first-order valence-corrected chi connectivity index (χ1v) is 12.9. The molecule has 4 rings (SSSR count). The van der Waals surface area contributed by atoms with Crippen molar-refractivity contribution < 1.29 is 9.53 Å². The minimum Gasteiger partial charge on any atom is -0.462 e. The smallest absolute Gasteiger partial charge is 0.338 e. The number of anilines is 3. The fourth-order valence-corrected chi connectivity index (χ4v) is 4.04. The molecule has 3 aromatic carbocycles. The number of hydrazine groups is 1. The standard InChI is InChI=1S/C29H35N5O2/c1-2-3-4-7-22-36-29(35)23-8-10-24(11-9-23)30-31-25-12-14-26(15-13-25)32-33-27-16-18-28(19-17-27)34-20-5-6-21-34/h8-19,30-31H,2-7,20-22H2,1H3/b33-32+. The van der Waals surface area contributed by atoms with Gasteiger partial charge in [-0.3, -0.25) is 0 Å². The molecule has 0 bridgehead atoms. The number of esters is 1. The quantitative estimate of drug-likeness (QED) is 0.118. The molecule has 1 aliphatic heterocycles. The maximum Gasteiger partial charge on any atom is 0.338 e. The number of azo groups is 1. The van der Waals surface area contributed by atoms with Gasteiger partial charge >= 0.3 is 5.97 Å². The van der Waals surface area contributed by atoms with Crippen molar-refractivity contribution in [2.45, 2.75) is 45.4 Å². The number of carbonyl (C=O) groups excluding carboxylic acids is 1. The van der Waals surface area contributed by atoms with E-state index in [0.717, 1.165) is 48.7 Å². The molecule has 3 aromatic rings. The maximum atomic E-state index is 12.1. The Bertz CT molecular complexity index is 1110. The molecule has 0 aliphatic carbocycles. The number of rotatable bonds is 12. The summed E-state index contributed by atoms with van der Waals surface area (Å²) in [5.41, 5.74) is 11.4. The summed E-state index contributed by atoms with van der Waals surface area (Å²) in [6, 6.07) is 23.1. The third-order valence-corrected chi connectivity index (χ3v) is 6.17. The highest BCUT2D eigenvalue weighted by atomic mass is 16.5. The van der Waals surface area contributed by atoms with E-state index in [4.69, 9.17) is 4.74 Å². The molecule has 0 saturated carbocycles. The second-order valence-electron chi connectivity index (χ2n) is 8.98. The second-order valence-corrected chi connectivity index (χ2v) is 8.98. The van der Waals surface area contributed by atoms with Gasteiger partial charge in [-0.2, -0.15) is 10.2 Å². The van der Waals surface area contributed by atoms with Crippen molar-refractivity contribution in [3.63, 3.8) is 0 Å². The summed E-state index contributed by atoms with van der Waals surface area (Å²) >= 11 is 0. The summed E-state index contributed by atoms with van der Waals surface area (Å²) in [6.45, 7) is 4.90. The zero-order valence-corrected chi connectivity index (χ0v) is 21.0. The van der Waals surface area contributed by atoms with E-state index in [1.165, 1.54) is 31.4 Å². The van der Waals surface area contributed by atoms with Crippen LogP contribution >= 0.6 is 0 Å². The fraction of sp³-hybridized carbons (Fsp3) is 0.345. The number of nitrogens with zero attached hydrogens (tertiary/aromatic N) is 3. The van der Waals surface area contributed by atoms with Gasteiger partial charge in [0, 0.05) is 18.8 Å². The predicted octanol–water partition coefficient (Wildman–Crippen LogP) is 7.88. The summed E-state index contributed by atoms with van der Waals surface area (Å²) < 4.78 is 5.34. The maximum absolute atomic E-state index is 12.1. The van der Waals surface area contributed by atoms with E-state index in [0.29, 0.717) is 12.2 Å². The molecule has 2 N–H and O–H groups in total. The Hall–Kier alpha value is -3.87. The first kappa shape index (κ1) is 25.2. The third kappa shape index (κ3) is 7.57. The molecule has 1 aliphatic rings. The summed E-state index contributed by atoms with van der Waals surface area (Å²) in [6.07, 6.45) is 6.88. The van der Waals surface area contributed by atoms with Crippen LogP contribution in [0.2, 0.25) is 0 Å². The lowest BCUT2D eigenvalue weighted by Gasteiger charge is -2.17. The summed E-state index contributed by atoms with van der Waals surface area (Å²) in [4.78, 5) is 14.5. The zero-order chi connectivity index (χ0) is 25.0. The monoisotopic (exact) mass is 485 g/mol. The highest BCUT2D eigenvalue weighted by Gasteiger charge is 2.11. The van der Waals surface area contributed by atoms with Gasteiger partial charge in [-0.25, -0.2) is 4.79 Å². The molecular formula is C29H35N5O2. The highest BCUT2D eigenvalue weighted by Crippen LogP contribution is 2.25. The van der Waals surface area contributed by atoms with Gasteiger partial charge in [-0.1, -0.05) is 26.2 Å². The largest absolute Gasteiger partial charge is 0.462 e. The van der Waals surface area contributed by atoms with Gasteiger partial charge < -0.3 is 20.5 Å². The van der Waals surface area contributed by atoms with E-state index in [1.54, 1.807) is 12.1 Å². The van der Waals surface area contributed by atoms with Crippen LogP contribution in [0.15, 0.2) is 83.0 Å². The van der Waals surface area contributed by atoms with E-state index in [2.05, 4.69) is 45.0 Å². The molecule has 0 spiro atoms. The van der Waals surface area contributed by atoms with Crippen LogP contribution in [0.5, 0.6) is 0 Å². The van der Waals surface area contributed by atoms with Crippen LogP contribution in [0.3, 0.4) is 0 Å². The molecule has 0 atom stereocenters. The lowest BCUT2D eigenvalue weighted by molar-refractivity contribution is 0.0498. The second kappa shape index (κ2) is 13.3. The van der Waals surface area contributed by atoms with E-state index >= 15 is 0 Å². The normalized spacial score (nSPS) is 13.2. The van der Waals surface area contributed by atoms with Gasteiger partial charge in [0.15, 0.2) is 0 Å². The zero-order valence-electron chi connectivity index (χ0n) is 21.0. The molecule has 0 radical (unpaired) electrons. The van der Waals surface area contributed by atoms with Crippen LogP contribution in [-0.4, -0.2) is 25.7 Å². The predicted molar refractivity (Wildman–Crippen MR) is 147 cm³/mol. The Morgan fingerprint density at radius 2 is 1.33 bits per heavy atom. The molecule has 1 saturated heterocycles. The third-order valence-electron chi connectivity index (χ3n) is 6.17. The molecule has 0 unspecified atom stereocenters. The Morgan fingerprint density at radius 1 is 0.778 bits per heavy atom. The Kier molecular flexibility index (Phi) is 9.31. The van der Waals surface area contributed by atoms with Gasteiger partial charge in [-0.15, -0.1) is 0 Å². The van der Waals surface area contributed by atoms with Crippen molar-refractivity contribution >= 4 is 34.4 Å². The van der Waals surface area contributed by atoms with Crippen LogP contribution in [-0.2, 0) is 4.74 Å². The van der Waals surface area contributed by atoms with Crippen molar-refractivity contribution in [2.24, 2.45) is 10.2 Å². The number of hydrogen-bond donors (Lipinski definition) is 2. The lowest BCUT2D eigenvalue weighted by atomic mass is 10.2. The van der Waals surface area contributed by atoms with Crippen molar-refractivity contribution in [2.75, 3.05) is 35.4 Å². The first-order valence-electron chi connectivity index (χ1n) is 12.9. The van der Waals surface area contributed by atoms with Gasteiger partial charge in [0.25, 0.3) is 0 Å². The van der Waals surface area contributed by atoms with Crippen LogP contribution in [0.4, 0.5) is 28.4 Å². The Morgan fingerprint density at radius 3 is 1.92 bits per heavy atom. The molecule has 7 heteroatoms. The van der Waals surface area contributed by atoms with E-state index < -0.39 is 0 Å². The van der Waals surface area contributed by atoms with Crippen LogP contribution < -0.4 is 15.8 Å². The van der Waals surface area contributed by atoms with E-state index in [9.17, 15) is 4.79 Å². The summed E-state index contributed by atoms with van der Waals surface area (Å²) in [5.74, 6) is -0.279. The number of hydrogen-bond acceptors (Lipinski definition) is 7. The van der Waals surface area contributed by atoms with Crippen molar-refractivity contribution in [3.05, 3.63) is 78.4 Å². The Balaban J connectivity index is 1.21. The number of benzene rings is 3. The molecule has 188 valence electrons. The molecular weight excluding hydrogens is 450 g/mol. The first-order chi connectivity index (χ1) is 17.7. The van der Waals surface area contributed by atoms with Crippen LogP contribution in [0.1, 0.15) is 55.8 Å². The molecule has 0 amide bonds. The minimum atomic E-state index is -0.279. The molecule has 1 fully saturated rings. The van der Waals surface area contributed by atoms with Gasteiger partial charge in [0.2, 0.25) is 0 Å². The highest BCUT2D eigenvalue weighted by molar-refractivity contribution is 5.89. The van der Waals surface area contributed by atoms with E-state index in [1.807, 2.05) is 48.5 Å². The summed E-state index contributed by atoms with van der Waals surface area (Å²) in [7, 11) is 0. The van der Waals surface area contributed by atoms with Crippen molar-refractivity contribution in [1.29, 1.82) is 0 Å². The molecule has 1 heterocycles. The summed E-state index contributed by atoms with van der Waals surface area (Å²) in [5, 5.41) is 8.70. The average molecular weight is 486 g/mol. The van der Waals surface area contributed by atoms with Crippen LogP contribution in [0.25, 0.3) is 0 Å². The molecule has 36 heavy (non-hydrogen) atoms. The fourth-order valence-electron chi connectivity index (χ4n) is 4.04. The van der Waals surface area contributed by atoms with Gasteiger partial charge in [0.1, 0.15) is 0 Å². The molecule has 0 aromatic heterocycles. The Labute approximate surface area is 213 Å². The minimum absolute atomic E-state index is 0.279. The van der Waals surface area contributed by atoms with Crippen LogP contribution in [0, 0.1) is 0 Å². The number of ether oxygens (including phenoxy) is 1. The number of nitrogens with one attached hydrogen (secondary N) is 2. The van der Waals surface area contributed by atoms with E-state index in [-0.39, 0.29) is 5.97 Å². The van der Waals surface area contributed by atoms with Crippen molar-refractivity contribution in [3.8, 4) is 0 Å². The number of carbonyl (C=O) groups is 1. The number of unbranched alkanes of at least 4 members (excludes halogenated alkanes) is 3. The van der Waals surface area contributed by atoms with Gasteiger partial charge in [0.05, 0.1) is 34.9 Å². The lowest BCUT2D eigenvalue weighted by Crippen LogP contribution is -2.17. The SMILES string of the molecule is CCCCCCOC(=O)c1ccc(NNc2ccc(/N=N/c3ccc(N4CCCC4)cc3)cc2)cc1.